The van der Waals surface area contributed by atoms with Crippen molar-refractivity contribution >= 4 is 0 Å². The lowest BCUT2D eigenvalue weighted by atomic mass is 9.79. The Bertz CT molecular complexity index is 814. The highest BCUT2D eigenvalue weighted by Crippen LogP contribution is 2.48. The standard InChI is InChI=1S/C22H24N2O2/c1-26-21-10-7-17(14-23)11-20(21)22(25)12-18-8-9-19(13-22)24(18)15-16-5-3-2-4-6-16/h2-7,10-11,18-19,25H,8-9,12-13,15H2,1H3. The van der Waals surface area contributed by atoms with Gasteiger partial charge in [0.25, 0.3) is 0 Å². The minimum atomic E-state index is -0.933. The molecule has 2 fully saturated rings. The van der Waals surface area contributed by atoms with Gasteiger partial charge in [0.15, 0.2) is 0 Å². The van der Waals surface area contributed by atoms with E-state index in [1.807, 2.05) is 6.07 Å². The van der Waals surface area contributed by atoms with E-state index in [0.717, 1.165) is 24.9 Å². The molecule has 0 aromatic heterocycles. The Morgan fingerprint density at radius 1 is 1.15 bits per heavy atom. The van der Waals surface area contributed by atoms with Crippen LogP contribution in [0.25, 0.3) is 0 Å². The van der Waals surface area contributed by atoms with Crippen molar-refractivity contribution in [1.82, 2.24) is 4.90 Å². The molecular weight excluding hydrogens is 324 g/mol. The maximum atomic E-state index is 11.5. The molecule has 2 unspecified atom stereocenters. The predicted octanol–water partition coefficient (Wildman–Crippen LogP) is 3.58. The summed E-state index contributed by atoms with van der Waals surface area (Å²) in [5.41, 5.74) is 1.71. The normalized spacial score (nSPS) is 27.9. The molecule has 2 aliphatic rings. The Kier molecular flexibility index (Phi) is 4.44. The molecule has 4 nitrogen and oxygen atoms in total. The second-order valence-corrected chi connectivity index (χ2v) is 7.51. The van der Waals surface area contributed by atoms with Crippen molar-refractivity contribution in [3.63, 3.8) is 0 Å². The molecule has 2 aliphatic heterocycles. The van der Waals surface area contributed by atoms with Crippen LogP contribution >= 0.6 is 0 Å². The van der Waals surface area contributed by atoms with Crippen molar-refractivity contribution < 1.29 is 9.84 Å². The molecule has 4 heteroatoms. The number of methoxy groups -OCH3 is 1. The van der Waals surface area contributed by atoms with Crippen molar-refractivity contribution in [1.29, 1.82) is 5.26 Å². The SMILES string of the molecule is COc1ccc(C#N)cc1C1(O)CC2CCC(C1)N2Cc1ccccc1. The first kappa shape index (κ1) is 17.1. The third-order valence-corrected chi connectivity index (χ3v) is 5.96. The molecule has 0 amide bonds. The molecule has 2 aromatic rings. The Labute approximate surface area is 154 Å². The van der Waals surface area contributed by atoms with Crippen molar-refractivity contribution in [2.24, 2.45) is 0 Å². The number of ether oxygens (including phenoxy) is 1. The number of hydrogen-bond donors (Lipinski definition) is 1. The van der Waals surface area contributed by atoms with E-state index in [9.17, 15) is 10.4 Å². The summed E-state index contributed by atoms with van der Waals surface area (Å²) in [4.78, 5) is 2.55. The van der Waals surface area contributed by atoms with Crippen LogP contribution in [0.2, 0.25) is 0 Å². The van der Waals surface area contributed by atoms with E-state index in [1.165, 1.54) is 5.56 Å². The van der Waals surface area contributed by atoms with Gasteiger partial charge in [-0.15, -0.1) is 0 Å². The average Bonchev–Trinajstić information content (AvgIpc) is 2.92. The quantitative estimate of drug-likeness (QED) is 0.917. The second kappa shape index (κ2) is 6.75. The zero-order valence-electron chi connectivity index (χ0n) is 15.1. The van der Waals surface area contributed by atoms with E-state index < -0.39 is 5.60 Å². The number of nitriles is 1. The summed E-state index contributed by atoms with van der Waals surface area (Å²) in [7, 11) is 1.62. The van der Waals surface area contributed by atoms with Crippen LogP contribution in [0.5, 0.6) is 5.75 Å². The third-order valence-electron chi connectivity index (χ3n) is 5.96. The number of rotatable bonds is 4. The maximum absolute atomic E-state index is 11.5. The van der Waals surface area contributed by atoms with Gasteiger partial charge in [-0.05, 0) is 49.4 Å². The Balaban J connectivity index is 1.61. The van der Waals surface area contributed by atoms with Crippen molar-refractivity contribution in [2.75, 3.05) is 7.11 Å². The van der Waals surface area contributed by atoms with E-state index in [0.29, 0.717) is 36.2 Å². The lowest BCUT2D eigenvalue weighted by molar-refractivity contribution is -0.0606. The van der Waals surface area contributed by atoms with Crippen LogP contribution in [-0.4, -0.2) is 29.2 Å². The van der Waals surface area contributed by atoms with Gasteiger partial charge in [0, 0.05) is 24.2 Å². The summed E-state index contributed by atoms with van der Waals surface area (Å²) >= 11 is 0. The highest BCUT2D eigenvalue weighted by atomic mass is 16.5. The minimum absolute atomic E-state index is 0.356. The smallest absolute Gasteiger partial charge is 0.125 e. The highest BCUT2D eigenvalue weighted by molar-refractivity contribution is 5.45. The largest absolute Gasteiger partial charge is 0.496 e. The fourth-order valence-electron chi connectivity index (χ4n) is 4.73. The van der Waals surface area contributed by atoms with Crippen molar-refractivity contribution in [2.45, 2.75) is 49.9 Å². The predicted molar refractivity (Wildman–Crippen MR) is 99.6 cm³/mol. The topological polar surface area (TPSA) is 56.5 Å². The van der Waals surface area contributed by atoms with E-state index in [-0.39, 0.29) is 0 Å². The van der Waals surface area contributed by atoms with E-state index in [1.54, 1.807) is 25.3 Å². The van der Waals surface area contributed by atoms with Gasteiger partial charge in [-0.2, -0.15) is 5.26 Å². The van der Waals surface area contributed by atoms with E-state index in [4.69, 9.17) is 4.74 Å². The van der Waals surface area contributed by atoms with Crippen LogP contribution in [0, 0.1) is 11.3 Å². The number of fused-ring (bicyclic) bond motifs is 2. The second-order valence-electron chi connectivity index (χ2n) is 7.51. The molecule has 26 heavy (non-hydrogen) atoms. The molecule has 1 N–H and O–H groups in total. The Hall–Kier alpha value is -2.35. The van der Waals surface area contributed by atoms with Gasteiger partial charge in [0.05, 0.1) is 24.3 Å². The van der Waals surface area contributed by atoms with Gasteiger partial charge in [-0.3, -0.25) is 4.90 Å². The molecule has 2 aromatic carbocycles. The van der Waals surface area contributed by atoms with Crippen molar-refractivity contribution in [3.05, 3.63) is 65.2 Å². The summed E-state index contributed by atoms with van der Waals surface area (Å²) in [5.74, 6) is 0.669. The molecule has 0 aliphatic carbocycles. The van der Waals surface area contributed by atoms with Gasteiger partial charge in [-0.25, -0.2) is 0 Å². The lowest BCUT2D eigenvalue weighted by Crippen LogP contribution is -2.49. The molecular formula is C22H24N2O2. The van der Waals surface area contributed by atoms with Crippen molar-refractivity contribution in [3.8, 4) is 11.8 Å². The van der Waals surface area contributed by atoms with Crippen LogP contribution < -0.4 is 4.74 Å². The minimum Gasteiger partial charge on any atom is -0.496 e. The summed E-state index contributed by atoms with van der Waals surface area (Å²) in [6, 6.07) is 18.8. The van der Waals surface area contributed by atoms with E-state index in [2.05, 4.69) is 35.2 Å². The monoisotopic (exact) mass is 348 g/mol. The lowest BCUT2D eigenvalue weighted by Gasteiger charge is -2.44. The molecule has 0 spiro atoms. The zero-order chi connectivity index (χ0) is 18.1. The van der Waals surface area contributed by atoms with Crippen LogP contribution in [-0.2, 0) is 12.1 Å². The first-order valence-corrected chi connectivity index (χ1v) is 9.23. The third kappa shape index (κ3) is 2.98. The number of piperidine rings is 1. The summed E-state index contributed by atoms with van der Waals surface area (Å²) < 4.78 is 5.49. The number of hydrogen-bond acceptors (Lipinski definition) is 4. The number of aliphatic hydroxyl groups is 1. The van der Waals surface area contributed by atoms with Gasteiger partial charge in [0.2, 0.25) is 0 Å². The summed E-state index contributed by atoms with van der Waals surface area (Å²) in [5, 5.41) is 20.8. The van der Waals surface area contributed by atoms with Gasteiger partial charge >= 0.3 is 0 Å². The molecule has 134 valence electrons. The van der Waals surface area contributed by atoms with Crippen LogP contribution in [0.1, 0.15) is 42.4 Å². The maximum Gasteiger partial charge on any atom is 0.125 e. The van der Waals surface area contributed by atoms with Gasteiger partial charge < -0.3 is 9.84 Å². The van der Waals surface area contributed by atoms with Gasteiger partial charge in [0.1, 0.15) is 5.75 Å². The zero-order valence-corrected chi connectivity index (χ0v) is 15.1. The molecule has 0 saturated carbocycles. The molecule has 2 atom stereocenters. The number of nitrogens with zero attached hydrogens (tertiary/aromatic N) is 2. The summed E-state index contributed by atoms with van der Waals surface area (Å²) in [6.45, 7) is 0.932. The Morgan fingerprint density at radius 3 is 2.46 bits per heavy atom. The van der Waals surface area contributed by atoms with Crippen LogP contribution in [0.15, 0.2) is 48.5 Å². The van der Waals surface area contributed by atoms with Gasteiger partial charge in [-0.1, -0.05) is 30.3 Å². The first-order valence-electron chi connectivity index (χ1n) is 9.23. The fourth-order valence-corrected chi connectivity index (χ4v) is 4.73. The van der Waals surface area contributed by atoms with E-state index >= 15 is 0 Å². The average molecular weight is 348 g/mol. The molecule has 2 heterocycles. The summed E-state index contributed by atoms with van der Waals surface area (Å²) in [6.07, 6.45) is 3.59. The van der Waals surface area contributed by atoms with Crippen LogP contribution in [0.3, 0.4) is 0 Å². The molecule has 2 bridgehead atoms. The Morgan fingerprint density at radius 2 is 1.85 bits per heavy atom. The first-order chi connectivity index (χ1) is 12.6. The molecule has 2 saturated heterocycles. The highest BCUT2D eigenvalue weighted by Gasteiger charge is 2.49. The molecule has 4 rings (SSSR count). The number of benzene rings is 2. The molecule has 0 radical (unpaired) electrons. The fraction of sp³-hybridized carbons (Fsp3) is 0.409. The van der Waals surface area contributed by atoms with Crippen LogP contribution in [0.4, 0.5) is 0 Å².